The topological polar surface area (TPSA) is 86.4 Å². The number of aromatic nitrogens is 3. The lowest BCUT2D eigenvalue weighted by Gasteiger charge is -2.26. The van der Waals surface area contributed by atoms with E-state index in [2.05, 4.69) is 5.10 Å². The van der Waals surface area contributed by atoms with Gasteiger partial charge in [-0.05, 0) is 42.0 Å². The van der Waals surface area contributed by atoms with Crippen LogP contribution in [-0.4, -0.2) is 51.5 Å². The van der Waals surface area contributed by atoms with Crippen LogP contribution in [0.2, 0.25) is 5.02 Å². The molecule has 31 heavy (non-hydrogen) atoms. The predicted molar refractivity (Wildman–Crippen MR) is 111 cm³/mol. The van der Waals surface area contributed by atoms with Crippen molar-refractivity contribution in [2.45, 2.75) is 6.54 Å². The van der Waals surface area contributed by atoms with Crippen LogP contribution in [-0.2, 0) is 11.3 Å². The lowest BCUT2D eigenvalue weighted by Crippen LogP contribution is -2.48. The fraction of sp³-hybridized carbons (Fsp3) is 0.238. The number of carbonyl (C=O) groups is 1. The van der Waals surface area contributed by atoms with Crippen molar-refractivity contribution in [2.24, 2.45) is 0 Å². The highest BCUT2D eigenvalue weighted by atomic mass is 35.5. The molecule has 0 atom stereocenters. The third kappa shape index (κ3) is 4.42. The molecular weight excluding hydrogens is 427 g/mol. The standard InChI is InChI=1S/C21H18ClFN4O4/c22-15-3-7-17(8-4-15)27-21(30)26(13-14-1-5-16(23)6-2-14)20(29)18(24-27)19(28)25-9-11-31-12-10-25/h1-8H,9-13H2. The number of carbonyl (C=O) groups excluding carboxylic acids is 1. The highest BCUT2D eigenvalue weighted by molar-refractivity contribution is 6.30. The minimum Gasteiger partial charge on any atom is -0.378 e. The van der Waals surface area contributed by atoms with Gasteiger partial charge in [0.05, 0.1) is 25.4 Å². The van der Waals surface area contributed by atoms with E-state index in [1.54, 1.807) is 24.3 Å². The molecule has 2 heterocycles. The number of benzene rings is 2. The van der Waals surface area contributed by atoms with Crippen molar-refractivity contribution in [3.8, 4) is 5.69 Å². The Morgan fingerprint density at radius 3 is 2.32 bits per heavy atom. The molecule has 0 aliphatic carbocycles. The van der Waals surface area contributed by atoms with Gasteiger partial charge in [0.15, 0.2) is 0 Å². The SMILES string of the molecule is O=C(c1nn(-c2ccc(Cl)cc2)c(=O)n(Cc2ccc(F)cc2)c1=O)N1CCOCC1. The molecule has 1 saturated heterocycles. The van der Waals surface area contributed by atoms with Crippen LogP contribution in [0, 0.1) is 5.82 Å². The third-order valence-corrected chi connectivity index (χ3v) is 5.14. The Hall–Kier alpha value is -3.30. The minimum atomic E-state index is -0.809. The first-order valence-corrected chi connectivity index (χ1v) is 9.93. The molecule has 0 radical (unpaired) electrons. The van der Waals surface area contributed by atoms with Gasteiger partial charge in [0.1, 0.15) is 5.82 Å². The van der Waals surface area contributed by atoms with Gasteiger partial charge in [-0.15, -0.1) is 0 Å². The molecule has 160 valence electrons. The molecule has 0 bridgehead atoms. The average Bonchev–Trinajstić information content (AvgIpc) is 2.79. The second-order valence-electron chi connectivity index (χ2n) is 6.94. The van der Waals surface area contributed by atoms with Gasteiger partial charge >= 0.3 is 5.69 Å². The zero-order valence-corrected chi connectivity index (χ0v) is 17.1. The summed E-state index contributed by atoms with van der Waals surface area (Å²) in [6.45, 7) is 1.20. The number of ether oxygens (including phenoxy) is 1. The number of hydrogen-bond acceptors (Lipinski definition) is 5. The summed E-state index contributed by atoms with van der Waals surface area (Å²) in [5.74, 6) is -1.02. The van der Waals surface area contributed by atoms with Crippen LogP contribution in [0.1, 0.15) is 16.1 Å². The second kappa shape index (κ2) is 8.83. The first kappa shape index (κ1) is 21.0. The van der Waals surface area contributed by atoms with E-state index < -0.39 is 23.0 Å². The molecule has 1 aromatic heterocycles. The number of morpholine rings is 1. The molecule has 0 unspecified atom stereocenters. The molecule has 0 N–H and O–H groups in total. The lowest BCUT2D eigenvalue weighted by atomic mass is 10.2. The molecule has 1 aliphatic heterocycles. The third-order valence-electron chi connectivity index (χ3n) is 4.89. The van der Waals surface area contributed by atoms with E-state index in [4.69, 9.17) is 16.3 Å². The van der Waals surface area contributed by atoms with Crippen LogP contribution < -0.4 is 11.2 Å². The van der Waals surface area contributed by atoms with E-state index >= 15 is 0 Å². The zero-order chi connectivity index (χ0) is 22.0. The van der Waals surface area contributed by atoms with Crippen molar-refractivity contribution in [2.75, 3.05) is 26.3 Å². The predicted octanol–water partition coefficient (Wildman–Crippen LogP) is 1.71. The number of halogens is 2. The molecule has 1 fully saturated rings. The average molecular weight is 445 g/mol. The number of hydrogen-bond donors (Lipinski definition) is 0. The van der Waals surface area contributed by atoms with Gasteiger partial charge in [-0.25, -0.2) is 9.18 Å². The zero-order valence-electron chi connectivity index (χ0n) is 16.3. The smallest absolute Gasteiger partial charge is 0.352 e. The highest BCUT2D eigenvalue weighted by Crippen LogP contribution is 2.12. The summed E-state index contributed by atoms with van der Waals surface area (Å²) in [6.07, 6.45) is 0. The van der Waals surface area contributed by atoms with Crippen LogP contribution >= 0.6 is 11.6 Å². The van der Waals surface area contributed by atoms with Crippen LogP contribution in [0.4, 0.5) is 4.39 Å². The first-order chi connectivity index (χ1) is 14.9. The van der Waals surface area contributed by atoms with Gasteiger partial charge in [-0.2, -0.15) is 9.78 Å². The highest BCUT2D eigenvalue weighted by Gasteiger charge is 2.26. The fourth-order valence-corrected chi connectivity index (χ4v) is 3.35. The van der Waals surface area contributed by atoms with Gasteiger partial charge in [0.2, 0.25) is 5.69 Å². The Morgan fingerprint density at radius 1 is 1.03 bits per heavy atom. The van der Waals surface area contributed by atoms with E-state index in [0.717, 1.165) is 9.25 Å². The summed E-state index contributed by atoms with van der Waals surface area (Å²) < 4.78 is 20.4. The quantitative estimate of drug-likeness (QED) is 0.611. The normalized spacial score (nSPS) is 13.9. The lowest BCUT2D eigenvalue weighted by molar-refractivity contribution is 0.0295. The molecule has 0 spiro atoms. The minimum absolute atomic E-state index is 0.141. The molecule has 4 rings (SSSR count). The van der Waals surface area contributed by atoms with Gasteiger partial charge in [0.25, 0.3) is 11.5 Å². The Balaban J connectivity index is 1.85. The molecule has 0 saturated carbocycles. The number of rotatable bonds is 4. The summed E-state index contributed by atoms with van der Waals surface area (Å²) in [5.41, 5.74) is -1.04. The molecular formula is C21H18ClFN4O4. The number of nitrogens with zero attached hydrogens (tertiary/aromatic N) is 4. The van der Waals surface area contributed by atoms with E-state index in [9.17, 15) is 18.8 Å². The van der Waals surface area contributed by atoms with Crippen molar-refractivity contribution in [3.05, 3.63) is 91.5 Å². The van der Waals surface area contributed by atoms with Crippen molar-refractivity contribution in [1.82, 2.24) is 19.2 Å². The molecule has 8 nitrogen and oxygen atoms in total. The van der Waals surface area contributed by atoms with Crippen LogP contribution in [0.5, 0.6) is 0 Å². The van der Waals surface area contributed by atoms with E-state index in [-0.39, 0.29) is 12.2 Å². The van der Waals surface area contributed by atoms with E-state index in [1.807, 2.05) is 0 Å². The second-order valence-corrected chi connectivity index (χ2v) is 7.38. The van der Waals surface area contributed by atoms with Crippen LogP contribution in [0.25, 0.3) is 5.69 Å². The van der Waals surface area contributed by atoms with Gasteiger partial charge in [-0.1, -0.05) is 23.7 Å². The van der Waals surface area contributed by atoms with E-state index in [1.165, 1.54) is 29.2 Å². The molecule has 1 amide bonds. The molecule has 10 heteroatoms. The Kier molecular flexibility index (Phi) is 5.97. The Morgan fingerprint density at radius 2 is 1.68 bits per heavy atom. The monoisotopic (exact) mass is 444 g/mol. The largest absolute Gasteiger partial charge is 0.378 e. The maximum atomic E-state index is 13.3. The van der Waals surface area contributed by atoms with Gasteiger partial charge < -0.3 is 9.64 Å². The number of amides is 1. The summed E-state index contributed by atoms with van der Waals surface area (Å²) in [4.78, 5) is 40.7. The fourth-order valence-electron chi connectivity index (χ4n) is 3.23. The Bertz CT molecular complexity index is 1220. The maximum absolute atomic E-state index is 13.3. The van der Waals surface area contributed by atoms with Crippen molar-refractivity contribution >= 4 is 17.5 Å². The van der Waals surface area contributed by atoms with Crippen molar-refractivity contribution < 1.29 is 13.9 Å². The first-order valence-electron chi connectivity index (χ1n) is 9.55. The maximum Gasteiger partial charge on any atom is 0.352 e. The Labute approximate surface area is 181 Å². The summed E-state index contributed by atoms with van der Waals surface area (Å²) in [6, 6.07) is 11.7. The molecule has 1 aliphatic rings. The van der Waals surface area contributed by atoms with Crippen LogP contribution in [0.3, 0.4) is 0 Å². The van der Waals surface area contributed by atoms with Crippen molar-refractivity contribution in [3.63, 3.8) is 0 Å². The summed E-state index contributed by atoms with van der Waals surface area (Å²) >= 11 is 5.93. The molecule has 2 aromatic carbocycles. The van der Waals surface area contributed by atoms with E-state index in [0.29, 0.717) is 42.6 Å². The van der Waals surface area contributed by atoms with Crippen LogP contribution in [0.15, 0.2) is 58.1 Å². The summed E-state index contributed by atoms with van der Waals surface area (Å²) in [7, 11) is 0. The van der Waals surface area contributed by atoms with Gasteiger partial charge in [-0.3, -0.25) is 14.2 Å². The summed E-state index contributed by atoms with van der Waals surface area (Å²) in [5, 5.41) is 4.56. The molecule has 3 aromatic rings. The van der Waals surface area contributed by atoms with Gasteiger partial charge in [0, 0.05) is 18.1 Å². The van der Waals surface area contributed by atoms with Crippen molar-refractivity contribution in [1.29, 1.82) is 0 Å².